The first kappa shape index (κ1) is 15.1. The lowest BCUT2D eigenvalue weighted by molar-refractivity contribution is 0.246. The second-order valence-electron chi connectivity index (χ2n) is 4.75. The zero-order chi connectivity index (χ0) is 14.0. The van der Waals surface area contributed by atoms with Gasteiger partial charge in [0.05, 0.1) is 14.9 Å². The molecule has 0 aromatic heterocycles. The lowest BCUT2D eigenvalue weighted by atomic mass is 10.0. The molecule has 1 aliphatic rings. The Bertz CT molecular complexity index is 560. The van der Waals surface area contributed by atoms with E-state index in [2.05, 4.69) is 0 Å². The quantitative estimate of drug-likeness (QED) is 0.845. The van der Waals surface area contributed by atoms with Gasteiger partial charge in [-0.1, -0.05) is 36.5 Å². The number of piperidine rings is 1. The first-order chi connectivity index (χ1) is 8.96. The summed E-state index contributed by atoms with van der Waals surface area (Å²) in [5, 5.41) is 0.638. The Labute approximate surface area is 124 Å². The number of nitrogens with zero attached hydrogens (tertiary/aromatic N) is 1. The van der Waals surface area contributed by atoms with Gasteiger partial charge in [-0.2, -0.15) is 4.31 Å². The van der Waals surface area contributed by atoms with E-state index in [1.54, 1.807) is 4.31 Å². The van der Waals surface area contributed by atoms with Crippen LogP contribution in [-0.4, -0.2) is 25.3 Å². The summed E-state index contributed by atoms with van der Waals surface area (Å²) in [6, 6.07) is 4.57. The van der Waals surface area contributed by atoms with Crippen molar-refractivity contribution in [3.05, 3.63) is 28.2 Å². The van der Waals surface area contributed by atoms with Crippen molar-refractivity contribution in [1.29, 1.82) is 0 Å². The summed E-state index contributed by atoms with van der Waals surface area (Å²) in [5.74, 6) is 0. The molecule has 1 atom stereocenters. The van der Waals surface area contributed by atoms with E-state index in [0.29, 0.717) is 11.6 Å². The largest absolute Gasteiger partial charge is 0.243 e. The minimum Gasteiger partial charge on any atom is -0.207 e. The number of hydrogen-bond donors (Lipinski definition) is 0. The molecule has 1 aliphatic heterocycles. The fourth-order valence-electron chi connectivity index (χ4n) is 2.47. The van der Waals surface area contributed by atoms with Gasteiger partial charge in [-0.25, -0.2) is 8.42 Å². The second kappa shape index (κ2) is 6.00. The van der Waals surface area contributed by atoms with Crippen LogP contribution >= 0.6 is 23.2 Å². The Morgan fingerprint density at radius 2 is 2.00 bits per heavy atom. The first-order valence-corrected chi connectivity index (χ1v) is 8.63. The summed E-state index contributed by atoms with van der Waals surface area (Å²) in [6.07, 6.45) is 3.76. The van der Waals surface area contributed by atoms with E-state index in [-0.39, 0.29) is 16.0 Å². The second-order valence-corrected chi connectivity index (χ2v) is 7.45. The van der Waals surface area contributed by atoms with Gasteiger partial charge in [-0.15, -0.1) is 0 Å². The lowest BCUT2D eigenvalue weighted by Gasteiger charge is -2.34. The maximum atomic E-state index is 12.6. The van der Waals surface area contributed by atoms with Crippen LogP contribution in [-0.2, 0) is 10.0 Å². The average molecular weight is 322 g/mol. The van der Waals surface area contributed by atoms with E-state index < -0.39 is 10.0 Å². The summed E-state index contributed by atoms with van der Waals surface area (Å²) >= 11 is 11.7. The number of sulfonamides is 1. The van der Waals surface area contributed by atoms with Crippen LogP contribution < -0.4 is 0 Å². The average Bonchev–Trinajstić information content (AvgIpc) is 2.41. The molecule has 0 bridgehead atoms. The lowest BCUT2D eigenvalue weighted by Crippen LogP contribution is -2.43. The monoisotopic (exact) mass is 321 g/mol. The zero-order valence-corrected chi connectivity index (χ0v) is 13.1. The van der Waals surface area contributed by atoms with Gasteiger partial charge in [0, 0.05) is 12.6 Å². The van der Waals surface area contributed by atoms with Crippen LogP contribution in [0.1, 0.15) is 32.6 Å². The Morgan fingerprint density at radius 1 is 1.26 bits per heavy atom. The van der Waals surface area contributed by atoms with Crippen molar-refractivity contribution in [3.63, 3.8) is 0 Å². The smallest absolute Gasteiger partial charge is 0.207 e. The summed E-state index contributed by atoms with van der Waals surface area (Å²) in [5.41, 5.74) is 0. The van der Waals surface area contributed by atoms with Gasteiger partial charge in [0.2, 0.25) is 10.0 Å². The van der Waals surface area contributed by atoms with Crippen molar-refractivity contribution in [1.82, 2.24) is 4.31 Å². The van der Waals surface area contributed by atoms with Gasteiger partial charge < -0.3 is 0 Å². The molecule has 1 saturated heterocycles. The predicted molar refractivity (Wildman–Crippen MR) is 78.3 cm³/mol. The fraction of sp³-hybridized carbons (Fsp3) is 0.538. The number of benzene rings is 1. The molecule has 1 aromatic carbocycles. The van der Waals surface area contributed by atoms with Gasteiger partial charge in [-0.3, -0.25) is 0 Å². The molecule has 3 nitrogen and oxygen atoms in total. The van der Waals surface area contributed by atoms with E-state index in [1.807, 2.05) is 6.92 Å². The third kappa shape index (κ3) is 3.07. The molecule has 0 N–H and O–H groups in total. The molecule has 1 aromatic rings. The van der Waals surface area contributed by atoms with E-state index in [9.17, 15) is 8.42 Å². The highest BCUT2D eigenvalue weighted by Gasteiger charge is 2.32. The van der Waals surface area contributed by atoms with E-state index in [0.717, 1.165) is 25.7 Å². The van der Waals surface area contributed by atoms with Crippen LogP contribution in [0.2, 0.25) is 10.0 Å². The minimum absolute atomic E-state index is 0.0909. The highest BCUT2D eigenvalue weighted by Crippen LogP contribution is 2.30. The Balaban J connectivity index is 2.37. The molecule has 0 saturated carbocycles. The minimum atomic E-state index is -3.47. The molecular weight excluding hydrogens is 305 g/mol. The molecule has 0 aliphatic carbocycles. The molecule has 0 amide bonds. The Hall–Kier alpha value is -0.290. The predicted octanol–water partition coefficient (Wildman–Crippen LogP) is 3.95. The summed E-state index contributed by atoms with van der Waals surface area (Å²) in [7, 11) is -3.47. The topological polar surface area (TPSA) is 37.4 Å². The van der Waals surface area contributed by atoms with Gasteiger partial charge in [0.1, 0.15) is 0 Å². The van der Waals surface area contributed by atoms with Crippen molar-refractivity contribution in [2.45, 2.75) is 43.5 Å². The van der Waals surface area contributed by atoms with Crippen LogP contribution in [0.15, 0.2) is 23.1 Å². The van der Waals surface area contributed by atoms with Crippen LogP contribution in [0.3, 0.4) is 0 Å². The highest BCUT2D eigenvalue weighted by molar-refractivity contribution is 7.89. The molecule has 2 rings (SSSR count). The molecule has 19 heavy (non-hydrogen) atoms. The van der Waals surface area contributed by atoms with E-state index in [1.165, 1.54) is 18.2 Å². The highest BCUT2D eigenvalue weighted by atomic mass is 35.5. The summed E-state index contributed by atoms with van der Waals surface area (Å²) in [6.45, 7) is 2.61. The molecule has 1 heterocycles. The van der Waals surface area contributed by atoms with Gasteiger partial charge in [0.25, 0.3) is 0 Å². The first-order valence-electron chi connectivity index (χ1n) is 6.43. The van der Waals surface area contributed by atoms with Crippen LogP contribution in [0.4, 0.5) is 0 Å². The Morgan fingerprint density at radius 3 is 2.63 bits per heavy atom. The molecule has 0 radical (unpaired) electrons. The van der Waals surface area contributed by atoms with Gasteiger partial charge in [-0.05, 0) is 37.5 Å². The molecule has 6 heteroatoms. The van der Waals surface area contributed by atoms with Gasteiger partial charge in [0.15, 0.2) is 0 Å². The molecule has 0 spiro atoms. The normalized spacial score (nSPS) is 21.5. The van der Waals surface area contributed by atoms with Crippen molar-refractivity contribution in [3.8, 4) is 0 Å². The van der Waals surface area contributed by atoms with Crippen LogP contribution in [0.25, 0.3) is 0 Å². The number of hydrogen-bond acceptors (Lipinski definition) is 2. The third-order valence-electron chi connectivity index (χ3n) is 3.54. The Kier molecular flexibility index (Phi) is 4.77. The van der Waals surface area contributed by atoms with Crippen LogP contribution in [0.5, 0.6) is 0 Å². The molecule has 106 valence electrons. The zero-order valence-electron chi connectivity index (χ0n) is 10.8. The van der Waals surface area contributed by atoms with E-state index in [4.69, 9.17) is 23.2 Å². The number of rotatable bonds is 3. The maximum Gasteiger partial charge on any atom is 0.243 e. The summed E-state index contributed by atoms with van der Waals surface area (Å²) in [4.78, 5) is 0.224. The summed E-state index contributed by atoms with van der Waals surface area (Å²) < 4.78 is 26.9. The SMILES string of the molecule is CC[C@@H]1CCCCN1S(=O)(=O)c1ccc(Cl)c(Cl)c1. The molecule has 1 fully saturated rings. The van der Waals surface area contributed by atoms with Crippen LogP contribution in [0, 0.1) is 0 Å². The van der Waals surface area contributed by atoms with Crippen molar-refractivity contribution >= 4 is 33.2 Å². The standard InChI is InChI=1S/C13H17Cl2NO2S/c1-2-10-5-3-4-8-16(10)19(17,18)11-6-7-12(14)13(15)9-11/h6-7,9-10H,2-5,8H2,1H3/t10-/m1/s1. The van der Waals surface area contributed by atoms with E-state index >= 15 is 0 Å². The molecular formula is C13H17Cl2NO2S. The van der Waals surface area contributed by atoms with Crippen molar-refractivity contribution < 1.29 is 8.42 Å². The van der Waals surface area contributed by atoms with Crippen molar-refractivity contribution in [2.75, 3.05) is 6.54 Å². The molecule has 0 unspecified atom stereocenters. The van der Waals surface area contributed by atoms with Crippen molar-refractivity contribution in [2.24, 2.45) is 0 Å². The maximum absolute atomic E-state index is 12.6. The third-order valence-corrected chi connectivity index (χ3v) is 6.23. The number of halogens is 2. The van der Waals surface area contributed by atoms with Gasteiger partial charge >= 0.3 is 0 Å². The fourth-order valence-corrected chi connectivity index (χ4v) is 4.63.